The fraction of sp³-hybridized carbons (Fsp3) is 0.353. The van der Waals surface area contributed by atoms with Crippen LogP contribution >= 0.6 is 0 Å². The van der Waals surface area contributed by atoms with Gasteiger partial charge in [-0.2, -0.15) is 0 Å². The van der Waals surface area contributed by atoms with E-state index in [0.717, 1.165) is 61.8 Å². The van der Waals surface area contributed by atoms with Gasteiger partial charge in [-0.3, -0.25) is 19.8 Å². The zero-order chi connectivity index (χ0) is 31.1. The van der Waals surface area contributed by atoms with Crippen molar-refractivity contribution in [2.45, 2.75) is 13.1 Å². The van der Waals surface area contributed by atoms with Crippen molar-refractivity contribution >= 4 is 0 Å². The highest BCUT2D eigenvalue weighted by atomic mass is 16.5. The van der Waals surface area contributed by atoms with Crippen LogP contribution in [0.4, 0.5) is 0 Å². The predicted molar refractivity (Wildman–Crippen MR) is 169 cm³/mol. The Morgan fingerprint density at radius 3 is 1.43 bits per heavy atom. The van der Waals surface area contributed by atoms with E-state index in [1.165, 1.54) is 11.1 Å². The van der Waals surface area contributed by atoms with Crippen molar-refractivity contribution in [3.63, 3.8) is 0 Å². The van der Waals surface area contributed by atoms with Crippen LogP contribution in [-0.2, 0) is 13.1 Å². The van der Waals surface area contributed by atoms with E-state index in [1.807, 2.05) is 42.7 Å². The molecule has 0 amide bonds. The summed E-state index contributed by atoms with van der Waals surface area (Å²) in [5, 5.41) is 0. The van der Waals surface area contributed by atoms with E-state index in [4.69, 9.17) is 33.4 Å². The number of benzene rings is 2. The molecule has 0 bridgehead atoms. The summed E-state index contributed by atoms with van der Waals surface area (Å²) >= 11 is 0. The zero-order valence-electron chi connectivity index (χ0n) is 26.3. The molecule has 2 aromatic carbocycles. The highest BCUT2D eigenvalue weighted by Crippen LogP contribution is 2.42. The maximum atomic E-state index is 5.53. The maximum absolute atomic E-state index is 5.53. The summed E-state index contributed by atoms with van der Waals surface area (Å²) in [5.41, 5.74) is 5.92. The molecule has 0 unspecified atom stereocenters. The van der Waals surface area contributed by atoms with Crippen LogP contribution in [0.1, 0.15) is 11.1 Å². The van der Waals surface area contributed by atoms with Crippen molar-refractivity contribution in [2.24, 2.45) is 0 Å². The number of ether oxygens (including phenoxy) is 6. The van der Waals surface area contributed by atoms with Gasteiger partial charge >= 0.3 is 0 Å². The largest absolute Gasteiger partial charge is 0.493 e. The summed E-state index contributed by atoms with van der Waals surface area (Å²) in [5.74, 6) is 3.56. The summed E-state index contributed by atoms with van der Waals surface area (Å²) in [6.07, 6.45) is 3.81. The molecule has 3 heterocycles. The van der Waals surface area contributed by atoms with Crippen molar-refractivity contribution in [3.05, 3.63) is 72.1 Å². The average molecular weight is 601 g/mol. The van der Waals surface area contributed by atoms with Gasteiger partial charge in [0.05, 0.1) is 54.0 Å². The molecule has 44 heavy (non-hydrogen) atoms. The zero-order valence-corrected chi connectivity index (χ0v) is 26.3. The van der Waals surface area contributed by atoms with E-state index >= 15 is 0 Å². The SMILES string of the molecule is COc1cc(-c2ccc(CN3CCN(Cc4ccnc(-c5cc(OC)c(OC)c(OC)c5)c4)CC3)cn2)cc(OC)c1OC. The highest BCUT2D eigenvalue weighted by Gasteiger charge is 2.19. The van der Waals surface area contributed by atoms with Crippen LogP contribution in [0.25, 0.3) is 22.5 Å². The lowest BCUT2D eigenvalue weighted by Crippen LogP contribution is -2.45. The van der Waals surface area contributed by atoms with Gasteiger partial charge in [-0.05, 0) is 53.6 Å². The fourth-order valence-electron chi connectivity index (χ4n) is 5.50. The second-order valence-electron chi connectivity index (χ2n) is 10.5. The van der Waals surface area contributed by atoms with Gasteiger partial charge < -0.3 is 28.4 Å². The Hall–Kier alpha value is -4.54. The molecule has 1 aliphatic rings. The number of rotatable bonds is 12. The maximum Gasteiger partial charge on any atom is 0.203 e. The van der Waals surface area contributed by atoms with Crippen molar-refractivity contribution in [1.29, 1.82) is 0 Å². The molecule has 2 aromatic heterocycles. The molecular formula is C34H40N4O6. The molecule has 5 rings (SSSR count). The smallest absolute Gasteiger partial charge is 0.203 e. The number of pyridine rings is 2. The summed E-state index contributed by atoms with van der Waals surface area (Å²) < 4.78 is 33.0. The van der Waals surface area contributed by atoms with Crippen LogP contribution in [0.15, 0.2) is 60.9 Å². The molecule has 1 saturated heterocycles. The molecule has 0 spiro atoms. The number of aromatic nitrogens is 2. The Morgan fingerprint density at radius 2 is 1.00 bits per heavy atom. The van der Waals surface area contributed by atoms with Crippen LogP contribution in [0.3, 0.4) is 0 Å². The molecular weight excluding hydrogens is 560 g/mol. The second-order valence-corrected chi connectivity index (χ2v) is 10.5. The van der Waals surface area contributed by atoms with Crippen molar-refractivity contribution in [3.8, 4) is 57.0 Å². The summed E-state index contributed by atoms with van der Waals surface area (Å²) in [6, 6.07) is 16.1. The van der Waals surface area contributed by atoms with Gasteiger partial charge in [0.25, 0.3) is 0 Å². The average Bonchev–Trinajstić information content (AvgIpc) is 3.08. The van der Waals surface area contributed by atoms with Crippen molar-refractivity contribution < 1.29 is 28.4 Å². The molecule has 10 nitrogen and oxygen atoms in total. The van der Waals surface area contributed by atoms with Crippen LogP contribution in [0.2, 0.25) is 0 Å². The Balaban J connectivity index is 1.19. The van der Waals surface area contributed by atoms with Gasteiger partial charge in [0.2, 0.25) is 11.5 Å². The lowest BCUT2D eigenvalue weighted by Gasteiger charge is -2.34. The molecule has 0 radical (unpaired) electrons. The van der Waals surface area contributed by atoms with E-state index in [0.29, 0.717) is 34.5 Å². The normalized spacial score (nSPS) is 13.8. The lowest BCUT2D eigenvalue weighted by atomic mass is 10.1. The third-order valence-electron chi connectivity index (χ3n) is 7.85. The van der Waals surface area contributed by atoms with Gasteiger partial charge in [0.1, 0.15) is 0 Å². The topological polar surface area (TPSA) is 87.6 Å². The van der Waals surface area contributed by atoms with Gasteiger partial charge in [-0.25, -0.2) is 0 Å². The number of hydrogen-bond acceptors (Lipinski definition) is 10. The number of hydrogen-bond donors (Lipinski definition) is 0. The molecule has 0 N–H and O–H groups in total. The van der Waals surface area contributed by atoms with E-state index in [-0.39, 0.29) is 0 Å². The number of methoxy groups -OCH3 is 6. The predicted octanol–water partition coefficient (Wildman–Crippen LogP) is 5.18. The van der Waals surface area contributed by atoms with Crippen molar-refractivity contribution in [1.82, 2.24) is 19.8 Å². The Kier molecular flexibility index (Phi) is 10.0. The van der Waals surface area contributed by atoms with E-state index < -0.39 is 0 Å². The molecule has 1 aliphatic heterocycles. The van der Waals surface area contributed by atoms with Crippen molar-refractivity contribution in [2.75, 3.05) is 68.8 Å². The molecule has 232 valence electrons. The number of nitrogens with zero attached hydrogens (tertiary/aromatic N) is 4. The molecule has 4 aromatic rings. The minimum atomic E-state index is 0.567. The van der Waals surface area contributed by atoms with Crippen LogP contribution in [0.5, 0.6) is 34.5 Å². The molecule has 0 saturated carbocycles. The molecule has 10 heteroatoms. The first-order valence-corrected chi connectivity index (χ1v) is 14.5. The standard InChI is InChI=1S/C34H40N4O6/c1-39-29-16-25(17-30(40-2)33(29)43-5)27-8-7-24(20-36-27)22-38-13-11-37(12-14-38)21-23-9-10-35-28(15-23)26-18-31(41-3)34(44-6)32(19-26)42-4/h7-10,15-20H,11-14,21-22H2,1-6H3. The van der Waals surface area contributed by atoms with Crippen LogP contribution < -0.4 is 28.4 Å². The van der Waals surface area contributed by atoms with E-state index in [2.05, 4.69) is 33.0 Å². The minimum Gasteiger partial charge on any atom is -0.493 e. The second kappa shape index (κ2) is 14.3. The molecule has 0 atom stereocenters. The van der Waals surface area contributed by atoms with Gasteiger partial charge in [-0.15, -0.1) is 0 Å². The summed E-state index contributed by atoms with van der Waals surface area (Å²) in [4.78, 5) is 14.3. The van der Waals surface area contributed by atoms with Gasteiger partial charge in [0.15, 0.2) is 23.0 Å². The molecule has 1 fully saturated rings. The first-order valence-electron chi connectivity index (χ1n) is 14.5. The Labute approximate surface area is 259 Å². The Bertz CT molecular complexity index is 1500. The quantitative estimate of drug-likeness (QED) is 0.217. The Morgan fingerprint density at radius 1 is 0.523 bits per heavy atom. The first kappa shape index (κ1) is 30.9. The first-order chi connectivity index (χ1) is 21.5. The lowest BCUT2D eigenvalue weighted by molar-refractivity contribution is 0.122. The highest BCUT2D eigenvalue weighted by molar-refractivity contribution is 5.70. The summed E-state index contributed by atoms with van der Waals surface area (Å²) in [6.45, 7) is 5.66. The third kappa shape index (κ3) is 6.82. The van der Waals surface area contributed by atoms with E-state index in [1.54, 1.807) is 42.7 Å². The van der Waals surface area contributed by atoms with Crippen LogP contribution in [0, 0.1) is 0 Å². The van der Waals surface area contributed by atoms with E-state index in [9.17, 15) is 0 Å². The minimum absolute atomic E-state index is 0.567. The fourth-order valence-corrected chi connectivity index (χ4v) is 5.50. The van der Waals surface area contributed by atoms with Gasteiger partial charge in [0, 0.05) is 62.8 Å². The number of piperazine rings is 1. The monoisotopic (exact) mass is 600 g/mol. The summed E-state index contributed by atoms with van der Waals surface area (Å²) in [7, 11) is 9.67. The molecule has 0 aliphatic carbocycles. The van der Waals surface area contributed by atoms with Crippen LogP contribution in [-0.4, -0.2) is 88.6 Å². The third-order valence-corrected chi connectivity index (χ3v) is 7.85. The van der Waals surface area contributed by atoms with Gasteiger partial charge in [-0.1, -0.05) is 6.07 Å².